The summed E-state index contributed by atoms with van der Waals surface area (Å²) in [6.45, 7) is 2.83. The van der Waals surface area contributed by atoms with Crippen molar-refractivity contribution in [1.82, 2.24) is 20.1 Å². The lowest BCUT2D eigenvalue weighted by molar-refractivity contribution is -0.119. The van der Waals surface area contributed by atoms with Crippen LogP contribution in [-0.2, 0) is 24.2 Å². The van der Waals surface area contributed by atoms with Crippen LogP contribution in [0.3, 0.4) is 0 Å². The molecule has 1 aliphatic carbocycles. The van der Waals surface area contributed by atoms with Crippen molar-refractivity contribution in [3.63, 3.8) is 0 Å². The van der Waals surface area contributed by atoms with Gasteiger partial charge in [-0.25, -0.2) is 0 Å². The van der Waals surface area contributed by atoms with Crippen molar-refractivity contribution in [3.05, 3.63) is 113 Å². The molecule has 0 atom stereocenters. The largest absolute Gasteiger partial charge is 0.352 e. The monoisotopic (exact) mass is 468 g/mol. The maximum absolute atomic E-state index is 12.7. The Hall–Kier alpha value is -3.38. The van der Waals surface area contributed by atoms with Gasteiger partial charge in [0.2, 0.25) is 5.91 Å². The lowest BCUT2D eigenvalue weighted by atomic mass is 9.90. The second kappa shape index (κ2) is 10.3. The van der Waals surface area contributed by atoms with Crippen LogP contribution in [0.25, 0.3) is 0 Å². The quantitative estimate of drug-likeness (QED) is 0.376. The first-order chi connectivity index (χ1) is 16.7. The lowest BCUT2D eigenvalue weighted by Gasteiger charge is -2.19. The number of fused-ring (bicyclic) bond motifs is 1. The fraction of sp³-hybridized carbons (Fsp3) is 0.250. The zero-order chi connectivity index (χ0) is 23.3. The average Bonchev–Trinajstić information content (AvgIpc) is 3.47. The molecule has 172 valence electrons. The van der Waals surface area contributed by atoms with Gasteiger partial charge in [0.25, 0.3) is 0 Å². The van der Waals surface area contributed by atoms with Crippen LogP contribution in [0.15, 0.2) is 90.1 Å². The molecular formula is C28H28N4OS. The molecule has 1 amide bonds. The van der Waals surface area contributed by atoms with Crippen molar-refractivity contribution >= 4 is 17.7 Å². The Morgan fingerprint density at radius 2 is 1.47 bits per heavy atom. The van der Waals surface area contributed by atoms with E-state index in [0.717, 1.165) is 30.4 Å². The fourth-order valence-electron chi connectivity index (χ4n) is 4.76. The number of hydrogen-bond donors (Lipinski definition) is 1. The summed E-state index contributed by atoms with van der Waals surface area (Å²) in [5, 5.41) is 13.1. The maximum atomic E-state index is 12.7. The van der Waals surface area contributed by atoms with Crippen LogP contribution in [-0.4, -0.2) is 32.5 Å². The Bertz CT molecular complexity index is 1190. The Morgan fingerprint density at radius 1 is 0.912 bits per heavy atom. The second-order valence-corrected chi connectivity index (χ2v) is 9.51. The first kappa shape index (κ1) is 22.4. The van der Waals surface area contributed by atoms with Crippen molar-refractivity contribution in [3.8, 4) is 0 Å². The zero-order valence-corrected chi connectivity index (χ0v) is 20.0. The molecule has 3 aromatic carbocycles. The van der Waals surface area contributed by atoms with Gasteiger partial charge in [0.15, 0.2) is 5.16 Å². The molecule has 1 aromatic heterocycles. The van der Waals surface area contributed by atoms with Gasteiger partial charge in [-0.15, -0.1) is 10.2 Å². The number of benzene rings is 3. The van der Waals surface area contributed by atoms with Crippen LogP contribution in [0, 0.1) is 0 Å². The fourth-order valence-corrected chi connectivity index (χ4v) is 5.58. The maximum Gasteiger partial charge on any atom is 0.230 e. The van der Waals surface area contributed by atoms with E-state index in [1.165, 1.54) is 34.0 Å². The molecule has 0 unspecified atom stereocenters. The number of nitrogens with zero attached hydrogens (tertiary/aromatic N) is 3. The SMILES string of the molecule is CCn1c(SCC(=O)NC2Cc3ccccc3C2)nnc1C(c1ccccc1)c1ccccc1. The number of aromatic nitrogens is 3. The van der Waals surface area contributed by atoms with E-state index in [1.54, 1.807) is 0 Å². The van der Waals surface area contributed by atoms with Gasteiger partial charge in [-0.3, -0.25) is 4.79 Å². The Kier molecular flexibility index (Phi) is 6.77. The molecule has 34 heavy (non-hydrogen) atoms. The molecule has 4 aromatic rings. The van der Waals surface area contributed by atoms with Gasteiger partial charge in [0.1, 0.15) is 5.82 Å². The molecule has 1 heterocycles. The summed E-state index contributed by atoms with van der Waals surface area (Å²) in [6, 6.07) is 29.4. The highest BCUT2D eigenvalue weighted by Crippen LogP contribution is 2.32. The molecule has 0 saturated heterocycles. The van der Waals surface area contributed by atoms with E-state index >= 15 is 0 Å². The Labute approximate surface area is 204 Å². The molecule has 0 aliphatic heterocycles. The number of hydrogen-bond acceptors (Lipinski definition) is 4. The van der Waals surface area contributed by atoms with Crippen LogP contribution in [0.1, 0.15) is 40.9 Å². The third-order valence-electron chi connectivity index (χ3n) is 6.33. The first-order valence-corrected chi connectivity index (χ1v) is 12.7. The minimum atomic E-state index is -0.0185. The number of carbonyl (C=O) groups excluding carboxylic acids is 1. The summed E-state index contributed by atoms with van der Waals surface area (Å²) >= 11 is 1.45. The van der Waals surface area contributed by atoms with Gasteiger partial charge < -0.3 is 9.88 Å². The van der Waals surface area contributed by atoms with E-state index in [1.807, 2.05) is 12.1 Å². The van der Waals surface area contributed by atoms with Crippen molar-refractivity contribution in [2.45, 2.75) is 43.4 Å². The molecule has 0 bridgehead atoms. The topological polar surface area (TPSA) is 59.8 Å². The highest BCUT2D eigenvalue weighted by Gasteiger charge is 2.26. The Balaban J connectivity index is 1.31. The first-order valence-electron chi connectivity index (χ1n) is 11.7. The zero-order valence-electron chi connectivity index (χ0n) is 19.2. The Morgan fingerprint density at radius 3 is 2.03 bits per heavy atom. The summed E-state index contributed by atoms with van der Waals surface area (Å²) < 4.78 is 2.13. The molecule has 1 N–H and O–H groups in total. The highest BCUT2D eigenvalue weighted by molar-refractivity contribution is 7.99. The van der Waals surface area contributed by atoms with E-state index in [2.05, 4.69) is 99.8 Å². The highest BCUT2D eigenvalue weighted by atomic mass is 32.2. The summed E-state index contributed by atoms with van der Waals surface area (Å²) in [7, 11) is 0. The van der Waals surface area contributed by atoms with Gasteiger partial charge in [-0.05, 0) is 42.0 Å². The van der Waals surface area contributed by atoms with E-state index in [9.17, 15) is 4.79 Å². The molecule has 1 aliphatic rings. The van der Waals surface area contributed by atoms with Gasteiger partial charge >= 0.3 is 0 Å². The van der Waals surface area contributed by atoms with Gasteiger partial charge in [0.05, 0.1) is 11.7 Å². The van der Waals surface area contributed by atoms with E-state index < -0.39 is 0 Å². The van der Waals surface area contributed by atoms with E-state index in [-0.39, 0.29) is 17.9 Å². The van der Waals surface area contributed by atoms with Crippen LogP contribution < -0.4 is 5.32 Å². The predicted molar refractivity (Wildman–Crippen MR) is 136 cm³/mol. The molecule has 5 rings (SSSR count). The van der Waals surface area contributed by atoms with Gasteiger partial charge in [-0.1, -0.05) is 96.7 Å². The third-order valence-corrected chi connectivity index (χ3v) is 7.30. The lowest BCUT2D eigenvalue weighted by Crippen LogP contribution is -2.36. The van der Waals surface area contributed by atoms with E-state index in [4.69, 9.17) is 0 Å². The molecule has 0 fully saturated rings. The predicted octanol–water partition coefficient (Wildman–Crippen LogP) is 4.85. The second-order valence-electron chi connectivity index (χ2n) is 8.57. The van der Waals surface area contributed by atoms with Crippen LogP contribution >= 0.6 is 11.8 Å². The number of nitrogens with one attached hydrogen (secondary N) is 1. The summed E-state index contributed by atoms with van der Waals surface area (Å²) in [6.07, 6.45) is 1.80. The minimum absolute atomic E-state index is 0.0185. The number of carbonyl (C=O) groups is 1. The van der Waals surface area contributed by atoms with Crippen molar-refractivity contribution in [1.29, 1.82) is 0 Å². The number of thioether (sulfide) groups is 1. The van der Waals surface area contributed by atoms with Crippen LogP contribution in [0.5, 0.6) is 0 Å². The smallest absolute Gasteiger partial charge is 0.230 e. The summed E-state index contributed by atoms with van der Waals surface area (Å²) in [5.74, 6) is 1.24. The van der Waals surface area contributed by atoms with Gasteiger partial charge in [0, 0.05) is 12.6 Å². The van der Waals surface area contributed by atoms with Crippen molar-refractivity contribution in [2.75, 3.05) is 5.75 Å². The molecular weight excluding hydrogens is 440 g/mol. The molecule has 0 spiro atoms. The third kappa shape index (κ3) is 4.77. The number of amides is 1. The van der Waals surface area contributed by atoms with Crippen molar-refractivity contribution in [2.24, 2.45) is 0 Å². The summed E-state index contributed by atoms with van der Waals surface area (Å²) in [4.78, 5) is 12.7. The molecule has 0 radical (unpaired) electrons. The normalized spacial score (nSPS) is 13.2. The number of rotatable bonds is 8. The molecule has 5 nitrogen and oxygen atoms in total. The molecule has 6 heteroatoms. The van der Waals surface area contributed by atoms with Gasteiger partial charge in [-0.2, -0.15) is 0 Å². The van der Waals surface area contributed by atoms with Crippen molar-refractivity contribution < 1.29 is 4.79 Å². The standard InChI is InChI=1S/C28H28N4OS/c1-2-32-27(26(20-11-5-3-6-12-20)21-13-7-4-8-14-21)30-31-28(32)34-19-25(33)29-24-17-22-15-9-10-16-23(22)18-24/h3-16,24,26H,2,17-19H2,1H3,(H,29,33). The average molecular weight is 469 g/mol. The molecule has 0 saturated carbocycles. The minimum Gasteiger partial charge on any atom is -0.352 e. The van der Waals surface area contributed by atoms with Crippen LogP contribution in [0.2, 0.25) is 0 Å². The summed E-state index contributed by atoms with van der Waals surface area (Å²) in [5.41, 5.74) is 5.02. The van der Waals surface area contributed by atoms with E-state index in [0.29, 0.717) is 5.75 Å². The van der Waals surface area contributed by atoms with Crippen LogP contribution in [0.4, 0.5) is 0 Å².